The molecule has 2 rings (SSSR count). The van der Waals surface area contributed by atoms with Crippen molar-refractivity contribution in [3.8, 4) is 5.75 Å². The minimum absolute atomic E-state index is 0.144. The van der Waals surface area contributed by atoms with Crippen molar-refractivity contribution in [2.75, 3.05) is 0 Å². The lowest BCUT2D eigenvalue weighted by atomic mass is 9.91. The molecule has 0 aromatic heterocycles. The molecule has 0 atom stereocenters. The van der Waals surface area contributed by atoms with Crippen LogP contribution < -0.4 is 5.73 Å². The first-order valence-corrected chi connectivity index (χ1v) is 5.95. The summed E-state index contributed by atoms with van der Waals surface area (Å²) in [7, 11) is 0. The molecule has 0 bridgehead atoms. The van der Waals surface area contributed by atoms with Gasteiger partial charge in [0, 0.05) is 5.54 Å². The second-order valence-electron chi connectivity index (χ2n) is 4.57. The van der Waals surface area contributed by atoms with Gasteiger partial charge in [-0.25, -0.2) is 0 Å². The van der Waals surface area contributed by atoms with Crippen LogP contribution in [0.1, 0.15) is 35.1 Å². The van der Waals surface area contributed by atoms with Crippen LogP contribution in [0, 0.1) is 20.8 Å². The smallest absolute Gasteiger partial charge is 0.133 e. The van der Waals surface area contributed by atoms with Gasteiger partial charge in [-0.15, -0.1) is 0 Å². The van der Waals surface area contributed by atoms with Crippen LogP contribution >= 0.6 is 15.9 Å². The summed E-state index contributed by atoms with van der Waals surface area (Å²) >= 11 is 3.43. The van der Waals surface area contributed by atoms with Gasteiger partial charge >= 0.3 is 0 Å². The van der Waals surface area contributed by atoms with Crippen molar-refractivity contribution in [3.05, 3.63) is 26.7 Å². The first-order chi connectivity index (χ1) is 6.88. The predicted molar refractivity (Wildman–Crippen MR) is 65.1 cm³/mol. The van der Waals surface area contributed by atoms with Gasteiger partial charge in [-0.2, -0.15) is 0 Å². The molecule has 2 nitrogen and oxygen atoms in total. The molecular weight excluding hydrogens is 254 g/mol. The molecule has 82 valence electrons. The Morgan fingerprint density at radius 2 is 1.67 bits per heavy atom. The van der Waals surface area contributed by atoms with E-state index < -0.39 is 0 Å². The Bertz CT molecular complexity index is 407. The number of rotatable bonds is 1. The zero-order valence-electron chi connectivity index (χ0n) is 9.32. The summed E-state index contributed by atoms with van der Waals surface area (Å²) in [6.45, 7) is 5.99. The van der Waals surface area contributed by atoms with Crippen LogP contribution in [0.3, 0.4) is 0 Å². The van der Waals surface area contributed by atoms with Crippen LogP contribution in [-0.2, 0) is 5.54 Å². The number of aromatic hydroxyl groups is 1. The zero-order chi connectivity index (χ0) is 11.4. The van der Waals surface area contributed by atoms with Gasteiger partial charge in [0.1, 0.15) is 5.75 Å². The Labute approximate surface area is 98.6 Å². The molecule has 1 aliphatic rings. The Morgan fingerprint density at radius 1 is 1.13 bits per heavy atom. The van der Waals surface area contributed by atoms with Crippen molar-refractivity contribution in [2.24, 2.45) is 5.73 Å². The first-order valence-electron chi connectivity index (χ1n) is 5.16. The van der Waals surface area contributed by atoms with E-state index in [-0.39, 0.29) is 5.54 Å². The van der Waals surface area contributed by atoms with Crippen molar-refractivity contribution in [1.82, 2.24) is 0 Å². The molecule has 0 unspecified atom stereocenters. The van der Waals surface area contributed by atoms with Gasteiger partial charge in [0.05, 0.1) is 4.47 Å². The van der Waals surface area contributed by atoms with E-state index >= 15 is 0 Å². The molecule has 1 fully saturated rings. The van der Waals surface area contributed by atoms with Gasteiger partial charge in [0.25, 0.3) is 0 Å². The molecule has 0 radical (unpaired) electrons. The second-order valence-corrected chi connectivity index (χ2v) is 5.36. The molecule has 1 aliphatic carbocycles. The average molecular weight is 270 g/mol. The van der Waals surface area contributed by atoms with E-state index in [4.69, 9.17) is 5.73 Å². The van der Waals surface area contributed by atoms with Gasteiger partial charge < -0.3 is 10.8 Å². The van der Waals surface area contributed by atoms with Crippen LogP contribution in [-0.4, -0.2) is 5.11 Å². The summed E-state index contributed by atoms with van der Waals surface area (Å²) in [6, 6.07) is 0. The number of nitrogens with two attached hydrogens (primary N) is 1. The second kappa shape index (κ2) is 3.22. The first kappa shape index (κ1) is 11.0. The number of phenolic OH excluding ortho intramolecular Hbond substituents is 1. The molecule has 1 aromatic carbocycles. The number of benzene rings is 1. The van der Waals surface area contributed by atoms with Crippen molar-refractivity contribution in [2.45, 2.75) is 39.2 Å². The molecule has 3 heteroatoms. The SMILES string of the molecule is Cc1c(C)c(C2(N)CC2)c(C)c(Br)c1O. The number of phenols is 1. The number of halogens is 1. The highest BCUT2D eigenvalue weighted by atomic mass is 79.9. The third kappa shape index (κ3) is 1.49. The fourth-order valence-corrected chi connectivity index (χ4v) is 2.73. The molecule has 0 amide bonds. The summed E-state index contributed by atoms with van der Waals surface area (Å²) in [6.07, 6.45) is 2.09. The Hall–Kier alpha value is -0.540. The minimum Gasteiger partial charge on any atom is -0.506 e. The number of hydrogen-bond acceptors (Lipinski definition) is 2. The monoisotopic (exact) mass is 269 g/mol. The summed E-state index contributed by atoms with van der Waals surface area (Å²) in [5.41, 5.74) is 10.5. The van der Waals surface area contributed by atoms with Crippen molar-refractivity contribution in [3.63, 3.8) is 0 Å². The van der Waals surface area contributed by atoms with Crippen LogP contribution in [0.5, 0.6) is 5.75 Å². The molecular formula is C12H16BrNO. The van der Waals surface area contributed by atoms with E-state index in [2.05, 4.69) is 15.9 Å². The topological polar surface area (TPSA) is 46.2 Å². The summed E-state index contributed by atoms with van der Waals surface area (Å²) in [5, 5.41) is 9.89. The zero-order valence-corrected chi connectivity index (χ0v) is 10.9. The molecule has 15 heavy (non-hydrogen) atoms. The van der Waals surface area contributed by atoms with Gasteiger partial charge in [-0.05, 0) is 71.8 Å². The quantitative estimate of drug-likeness (QED) is 0.824. The normalized spacial score (nSPS) is 17.9. The Morgan fingerprint density at radius 3 is 2.13 bits per heavy atom. The lowest BCUT2D eigenvalue weighted by Crippen LogP contribution is -2.22. The maximum absolute atomic E-state index is 9.89. The maximum atomic E-state index is 9.89. The highest BCUT2D eigenvalue weighted by Gasteiger charge is 2.43. The largest absolute Gasteiger partial charge is 0.506 e. The van der Waals surface area contributed by atoms with Crippen molar-refractivity contribution in [1.29, 1.82) is 0 Å². The molecule has 0 spiro atoms. The standard InChI is InChI=1S/C12H16BrNO/c1-6-7(2)11(15)10(13)8(3)9(6)12(14)4-5-12/h15H,4-5,14H2,1-3H3. The van der Waals surface area contributed by atoms with Gasteiger partial charge in [0.2, 0.25) is 0 Å². The predicted octanol–water partition coefficient (Wildman–Crippen LogP) is 3.03. The Balaban J connectivity index is 2.74. The van der Waals surface area contributed by atoms with Gasteiger partial charge in [0.15, 0.2) is 0 Å². The number of hydrogen-bond donors (Lipinski definition) is 2. The summed E-state index contributed by atoms with van der Waals surface area (Å²) in [5.74, 6) is 0.345. The molecule has 1 saturated carbocycles. The van der Waals surface area contributed by atoms with E-state index in [1.165, 1.54) is 5.56 Å². The van der Waals surface area contributed by atoms with Crippen LogP contribution in [0.4, 0.5) is 0 Å². The molecule has 0 aliphatic heterocycles. The lowest BCUT2D eigenvalue weighted by molar-refractivity contribution is 0.465. The molecule has 0 saturated heterocycles. The fourth-order valence-electron chi connectivity index (χ4n) is 2.23. The third-order valence-electron chi connectivity index (χ3n) is 3.49. The van der Waals surface area contributed by atoms with Crippen LogP contribution in [0.25, 0.3) is 0 Å². The highest BCUT2D eigenvalue weighted by Crippen LogP contribution is 2.49. The Kier molecular flexibility index (Phi) is 2.36. The lowest BCUT2D eigenvalue weighted by Gasteiger charge is -2.20. The van der Waals surface area contributed by atoms with Gasteiger partial charge in [-0.3, -0.25) is 0 Å². The summed E-state index contributed by atoms with van der Waals surface area (Å²) < 4.78 is 0.789. The fraction of sp³-hybridized carbons (Fsp3) is 0.500. The van der Waals surface area contributed by atoms with E-state index in [9.17, 15) is 5.11 Å². The summed E-state index contributed by atoms with van der Waals surface area (Å²) in [4.78, 5) is 0. The van der Waals surface area contributed by atoms with E-state index in [0.29, 0.717) is 5.75 Å². The maximum Gasteiger partial charge on any atom is 0.133 e. The molecule has 0 heterocycles. The molecule has 1 aromatic rings. The van der Waals surface area contributed by atoms with E-state index in [1.54, 1.807) is 0 Å². The highest BCUT2D eigenvalue weighted by molar-refractivity contribution is 9.10. The molecule has 3 N–H and O–H groups in total. The van der Waals surface area contributed by atoms with Crippen LogP contribution in [0.2, 0.25) is 0 Å². The van der Waals surface area contributed by atoms with Gasteiger partial charge in [-0.1, -0.05) is 0 Å². The van der Waals surface area contributed by atoms with Crippen molar-refractivity contribution >= 4 is 15.9 Å². The van der Waals surface area contributed by atoms with E-state index in [1.807, 2.05) is 20.8 Å². The van der Waals surface area contributed by atoms with E-state index in [0.717, 1.165) is 34.0 Å². The van der Waals surface area contributed by atoms with Crippen LogP contribution in [0.15, 0.2) is 4.47 Å². The van der Waals surface area contributed by atoms with Crippen molar-refractivity contribution < 1.29 is 5.11 Å². The average Bonchev–Trinajstić information content (AvgIpc) is 2.91. The minimum atomic E-state index is -0.144. The third-order valence-corrected chi connectivity index (χ3v) is 4.46.